The van der Waals surface area contributed by atoms with Crippen LogP contribution in [-0.4, -0.2) is 30.2 Å². The molecule has 0 bridgehead atoms. The minimum Gasteiger partial charge on any atom is -0.481 e. The maximum Gasteiger partial charge on any atom is 0.309 e. The highest BCUT2D eigenvalue weighted by Gasteiger charge is 2.44. The summed E-state index contributed by atoms with van der Waals surface area (Å²) in [4.78, 5) is 17.5. The highest BCUT2D eigenvalue weighted by Crippen LogP contribution is 2.43. The maximum atomic E-state index is 11.3. The van der Waals surface area contributed by atoms with Gasteiger partial charge in [-0.3, -0.25) is 4.79 Å². The van der Waals surface area contributed by atoms with Crippen LogP contribution in [-0.2, 0) is 11.2 Å². The molecule has 0 atom stereocenters. The minimum absolute atomic E-state index is 0.526. The Bertz CT molecular complexity index is 408. The lowest BCUT2D eigenvalue weighted by molar-refractivity contribution is -0.154. The van der Waals surface area contributed by atoms with Crippen LogP contribution in [0, 0.1) is 5.41 Å². The fourth-order valence-electron chi connectivity index (χ4n) is 2.25. The molecule has 1 fully saturated rings. The van der Waals surface area contributed by atoms with Crippen LogP contribution in [0.15, 0.2) is 18.3 Å². The molecule has 0 unspecified atom stereocenters. The zero-order valence-electron chi connectivity index (χ0n) is 10.3. The third kappa shape index (κ3) is 2.25. The third-order valence-electron chi connectivity index (χ3n) is 3.57. The number of rotatable bonds is 4. The summed E-state index contributed by atoms with van der Waals surface area (Å²) in [6, 6.07) is 3.91. The molecule has 1 aromatic rings. The molecule has 1 N–H and O–H groups in total. The summed E-state index contributed by atoms with van der Waals surface area (Å²) < 4.78 is 0. The van der Waals surface area contributed by atoms with Crippen LogP contribution >= 0.6 is 0 Å². The molecule has 4 heteroatoms. The molecule has 1 aromatic heterocycles. The largest absolute Gasteiger partial charge is 0.481 e. The van der Waals surface area contributed by atoms with Gasteiger partial charge in [-0.2, -0.15) is 0 Å². The molecular formula is C13H18N2O2. The Morgan fingerprint density at radius 2 is 2.18 bits per heavy atom. The van der Waals surface area contributed by atoms with Crippen LogP contribution in [0.5, 0.6) is 0 Å². The molecule has 0 aromatic carbocycles. The van der Waals surface area contributed by atoms with Gasteiger partial charge in [-0.25, -0.2) is 4.98 Å². The first kappa shape index (κ1) is 11.9. The van der Waals surface area contributed by atoms with Gasteiger partial charge in [0.25, 0.3) is 0 Å². The van der Waals surface area contributed by atoms with E-state index < -0.39 is 11.4 Å². The van der Waals surface area contributed by atoms with Crippen LogP contribution < -0.4 is 4.90 Å². The van der Waals surface area contributed by atoms with E-state index >= 15 is 0 Å². The van der Waals surface area contributed by atoms with Crippen LogP contribution in [0.2, 0.25) is 0 Å². The van der Waals surface area contributed by atoms with Gasteiger partial charge in [0.2, 0.25) is 0 Å². The summed E-state index contributed by atoms with van der Waals surface area (Å²) in [5.41, 5.74) is 0.485. The van der Waals surface area contributed by atoms with Crippen molar-refractivity contribution in [2.24, 2.45) is 5.41 Å². The van der Waals surface area contributed by atoms with Crippen molar-refractivity contribution in [1.82, 2.24) is 4.98 Å². The molecule has 2 rings (SSSR count). The summed E-state index contributed by atoms with van der Waals surface area (Å²) >= 11 is 0. The maximum absolute atomic E-state index is 11.3. The second kappa shape index (κ2) is 4.35. The van der Waals surface area contributed by atoms with Crippen LogP contribution in [0.1, 0.15) is 24.8 Å². The lowest BCUT2D eigenvalue weighted by Crippen LogP contribution is -2.39. The highest BCUT2D eigenvalue weighted by molar-refractivity contribution is 5.76. The number of hydrogen-bond donors (Lipinski definition) is 1. The monoisotopic (exact) mass is 234 g/mol. The second-order valence-corrected chi connectivity index (χ2v) is 5.03. The number of aromatic nitrogens is 1. The summed E-state index contributed by atoms with van der Waals surface area (Å²) in [5.74, 6) is 0.229. The lowest BCUT2D eigenvalue weighted by Gasteiger charge is -2.37. The molecule has 1 heterocycles. The third-order valence-corrected chi connectivity index (χ3v) is 3.57. The molecule has 17 heavy (non-hydrogen) atoms. The summed E-state index contributed by atoms with van der Waals surface area (Å²) in [6.07, 6.45) is 4.99. The average Bonchev–Trinajstić information content (AvgIpc) is 2.23. The van der Waals surface area contributed by atoms with Gasteiger partial charge in [0.1, 0.15) is 5.82 Å². The molecule has 0 amide bonds. The number of pyridine rings is 1. The van der Waals surface area contributed by atoms with Crippen LogP contribution in [0.25, 0.3) is 0 Å². The summed E-state index contributed by atoms with van der Waals surface area (Å²) in [5, 5.41) is 9.26. The number of carboxylic acid groups (broad SMARTS) is 1. The van der Waals surface area contributed by atoms with Crippen LogP contribution in [0.3, 0.4) is 0 Å². The zero-order valence-corrected chi connectivity index (χ0v) is 10.3. The number of hydrogen-bond acceptors (Lipinski definition) is 3. The van der Waals surface area contributed by atoms with Crippen molar-refractivity contribution in [2.75, 3.05) is 19.0 Å². The van der Waals surface area contributed by atoms with Gasteiger partial charge in [-0.05, 0) is 30.9 Å². The number of nitrogens with zero attached hydrogens (tertiary/aromatic N) is 2. The topological polar surface area (TPSA) is 53.4 Å². The van der Waals surface area contributed by atoms with Crippen molar-refractivity contribution in [3.8, 4) is 0 Å². The van der Waals surface area contributed by atoms with Crippen molar-refractivity contribution in [2.45, 2.75) is 25.7 Å². The van der Waals surface area contributed by atoms with Crippen molar-refractivity contribution < 1.29 is 9.90 Å². The van der Waals surface area contributed by atoms with Crippen molar-refractivity contribution in [3.05, 3.63) is 23.9 Å². The van der Waals surface area contributed by atoms with E-state index in [1.165, 1.54) is 0 Å². The second-order valence-electron chi connectivity index (χ2n) is 5.03. The Balaban J connectivity index is 2.11. The highest BCUT2D eigenvalue weighted by atomic mass is 16.4. The first-order chi connectivity index (χ1) is 8.03. The van der Waals surface area contributed by atoms with Gasteiger partial charge < -0.3 is 10.0 Å². The molecule has 1 saturated carbocycles. The standard InChI is InChI=1S/C13H18N2O2/c1-15(2)11-5-4-10(9-14-11)8-13(12(16)17)6-3-7-13/h4-5,9H,3,6-8H2,1-2H3,(H,16,17). The van der Waals surface area contributed by atoms with Gasteiger partial charge in [0.05, 0.1) is 5.41 Å². The SMILES string of the molecule is CN(C)c1ccc(CC2(C(=O)O)CCC2)cn1. The van der Waals surface area contributed by atoms with Gasteiger partial charge in [-0.1, -0.05) is 12.5 Å². The number of carbonyl (C=O) groups is 1. The molecule has 0 saturated heterocycles. The number of carboxylic acids is 1. The van der Waals surface area contributed by atoms with Crippen molar-refractivity contribution >= 4 is 11.8 Å². The van der Waals surface area contributed by atoms with E-state index in [1.807, 2.05) is 31.1 Å². The molecule has 0 radical (unpaired) electrons. The number of anilines is 1. The molecular weight excluding hydrogens is 216 g/mol. The Morgan fingerprint density at radius 1 is 1.47 bits per heavy atom. The Morgan fingerprint density at radius 3 is 2.53 bits per heavy atom. The van der Waals surface area contributed by atoms with Gasteiger partial charge in [-0.15, -0.1) is 0 Å². The van der Waals surface area contributed by atoms with E-state index in [-0.39, 0.29) is 0 Å². The molecule has 1 aliphatic rings. The van der Waals surface area contributed by atoms with Gasteiger partial charge in [0.15, 0.2) is 0 Å². The fourth-order valence-corrected chi connectivity index (χ4v) is 2.25. The predicted octanol–water partition coefficient (Wildman–Crippen LogP) is 1.94. The van der Waals surface area contributed by atoms with E-state index in [9.17, 15) is 9.90 Å². The number of aliphatic carboxylic acids is 1. The molecule has 0 aliphatic heterocycles. The van der Waals surface area contributed by atoms with Gasteiger partial charge >= 0.3 is 5.97 Å². The fraction of sp³-hybridized carbons (Fsp3) is 0.538. The first-order valence-corrected chi connectivity index (χ1v) is 5.89. The average molecular weight is 234 g/mol. The quantitative estimate of drug-likeness (QED) is 0.865. The Kier molecular flexibility index (Phi) is 3.05. The van der Waals surface area contributed by atoms with E-state index in [1.54, 1.807) is 6.20 Å². The summed E-state index contributed by atoms with van der Waals surface area (Å²) in [7, 11) is 3.87. The van der Waals surface area contributed by atoms with Crippen LogP contribution in [0.4, 0.5) is 5.82 Å². The Hall–Kier alpha value is -1.58. The van der Waals surface area contributed by atoms with E-state index in [0.29, 0.717) is 6.42 Å². The molecule has 4 nitrogen and oxygen atoms in total. The molecule has 92 valence electrons. The summed E-state index contributed by atoms with van der Waals surface area (Å²) in [6.45, 7) is 0. The van der Waals surface area contributed by atoms with E-state index in [2.05, 4.69) is 4.98 Å². The molecule has 0 spiro atoms. The minimum atomic E-state index is -0.666. The predicted molar refractivity (Wildman–Crippen MR) is 66.2 cm³/mol. The zero-order chi connectivity index (χ0) is 12.5. The van der Waals surface area contributed by atoms with Gasteiger partial charge in [0, 0.05) is 20.3 Å². The van der Waals surface area contributed by atoms with Crippen molar-refractivity contribution in [3.63, 3.8) is 0 Å². The Labute approximate surface area is 101 Å². The van der Waals surface area contributed by atoms with E-state index in [4.69, 9.17) is 0 Å². The normalized spacial score (nSPS) is 17.3. The van der Waals surface area contributed by atoms with Crippen molar-refractivity contribution in [1.29, 1.82) is 0 Å². The molecule has 1 aliphatic carbocycles. The lowest BCUT2D eigenvalue weighted by atomic mass is 9.65. The van der Waals surface area contributed by atoms with E-state index in [0.717, 1.165) is 30.6 Å². The first-order valence-electron chi connectivity index (χ1n) is 5.89. The smallest absolute Gasteiger partial charge is 0.309 e.